The maximum absolute atomic E-state index is 11.0. The monoisotopic (exact) mass is 225 g/mol. The van der Waals surface area contributed by atoms with Crippen LogP contribution in [0.2, 0.25) is 0 Å². The van der Waals surface area contributed by atoms with Gasteiger partial charge in [-0.15, -0.1) is 0 Å². The molecule has 2 aliphatic rings. The van der Waals surface area contributed by atoms with Crippen LogP contribution in [0, 0.1) is 5.92 Å². The standard InChI is InChI=1S/C12H23N3O/c13-8-10(7-12(14)16)15-6-2-4-9-3-1-5-11(9)15/h9-11H,1-8,13H2,(H2,14,16). The van der Waals surface area contributed by atoms with E-state index in [1.807, 2.05) is 0 Å². The van der Waals surface area contributed by atoms with Gasteiger partial charge >= 0.3 is 0 Å². The Bertz CT molecular complexity index is 257. The molecule has 0 radical (unpaired) electrons. The van der Waals surface area contributed by atoms with Crippen molar-refractivity contribution in [2.24, 2.45) is 17.4 Å². The van der Waals surface area contributed by atoms with Gasteiger partial charge in [0.1, 0.15) is 0 Å². The van der Waals surface area contributed by atoms with Gasteiger partial charge in [-0.25, -0.2) is 0 Å². The van der Waals surface area contributed by atoms with Crippen LogP contribution in [0.25, 0.3) is 0 Å². The quantitative estimate of drug-likeness (QED) is 0.730. The lowest BCUT2D eigenvalue weighted by Gasteiger charge is -2.42. The largest absolute Gasteiger partial charge is 0.370 e. The van der Waals surface area contributed by atoms with Crippen molar-refractivity contribution in [1.29, 1.82) is 0 Å². The van der Waals surface area contributed by atoms with Crippen LogP contribution in [0.15, 0.2) is 0 Å². The summed E-state index contributed by atoms with van der Waals surface area (Å²) in [6.07, 6.45) is 6.99. The number of likely N-dealkylation sites (tertiary alicyclic amines) is 1. The molecule has 2 fully saturated rings. The SMILES string of the molecule is NCC(CC(N)=O)N1CCCC2CCCC21. The van der Waals surface area contributed by atoms with Crippen molar-refractivity contribution in [3.05, 3.63) is 0 Å². The van der Waals surface area contributed by atoms with Gasteiger partial charge in [0.05, 0.1) is 0 Å². The third kappa shape index (κ3) is 2.38. The summed E-state index contributed by atoms with van der Waals surface area (Å²) >= 11 is 0. The molecule has 0 spiro atoms. The van der Waals surface area contributed by atoms with Gasteiger partial charge in [-0.2, -0.15) is 0 Å². The molecule has 3 unspecified atom stereocenters. The first-order chi connectivity index (χ1) is 7.72. The fraction of sp³-hybridized carbons (Fsp3) is 0.917. The number of carbonyl (C=O) groups is 1. The molecule has 1 saturated carbocycles. The molecule has 1 aliphatic carbocycles. The zero-order valence-corrected chi connectivity index (χ0v) is 9.90. The average molecular weight is 225 g/mol. The minimum Gasteiger partial charge on any atom is -0.370 e. The molecule has 4 heteroatoms. The highest BCUT2D eigenvalue weighted by atomic mass is 16.1. The van der Waals surface area contributed by atoms with Crippen molar-refractivity contribution in [3.8, 4) is 0 Å². The Morgan fingerprint density at radius 2 is 2.06 bits per heavy atom. The Labute approximate surface area is 97.3 Å². The summed E-state index contributed by atoms with van der Waals surface area (Å²) in [7, 11) is 0. The highest BCUT2D eigenvalue weighted by molar-refractivity contribution is 5.74. The van der Waals surface area contributed by atoms with E-state index in [0.717, 1.165) is 12.5 Å². The molecule has 0 aromatic rings. The molecule has 1 saturated heterocycles. The molecule has 1 amide bonds. The predicted molar refractivity (Wildman–Crippen MR) is 63.7 cm³/mol. The van der Waals surface area contributed by atoms with Crippen LogP contribution in [0.4, 0.5) is 0 Å². The molecular weight excluding hydrogens is 202 g/mol. The van der Waals surface area contributed by atoms with Crippen molar-refractivity contribution in [3.63, 3.8) is 0 Å². The van der Waals surface area contributed by atoms with Gasteiger partial charge in [0.2, 0.25) is 5.91 Å². The Balaban J connectivity index is 2.02. The number of carbonyl (C=O) groups excluding carboxylic acids is 1. The molecule has 0 aromatic heterocycles. The minimum atomic E-state index is -0.226. The van der Waals surface area contributed by atoms with Gasteiger partial charge in [0.25, 0.3) is 0 Å². The molecule has 3 atom stereocenters. The van der Waals surface area contributed by atoms with Crippen LogP contribution in [0.1, 0.15) is 38.5 Å². The van der Waals surface area contributed by atoms with Crippen LogP contribution >= 0.6 is 0 Å². The predicted octanol–water partition coefficient (Wildman–Crippen LogP) is 0.454. The Kier molecular flexibility index (Phi) is 3.82. The second-order valence-electron chi connectivity index (χ2n) is 5.20. The zero-order chi connectivity index (χ0) is 11.5. The molecule has 1 heterocycles. The summed E-state index contributed by atoms with van der Waals surface area (Å²) in [5.41, 5.74) is 11.1. The lowest BCUT2D eigenvalue weighted by atomic mass is 9.90. The van der Waals surface area contributed by atoms with E-state index in [-0.39, 0.29) is 11.9 Å². The maximum atomic E-state index is 11.0. The number of hydrogen-bond donors (Lipinski definition) is 2. The van der Waals surface area contributed by atoms with Crippen LogP contribution in [0.5, 0.6) is 0 Å². The van der Waals surface area contributed by atoms with E-state index in [4.69, 9.17) is 11.5 Å². The van der Waals surface area contributed by atoms with Crippen molar-refractivity contribution in [2.75, 3.05) is 13.1 Å². The number of fused-ring (bicyclic) bond motifs is 1. The van der Waals surface area contributed by atoms with Gasteiger partial charge in [-0.1, -0.05) is 6.42 Å². The fourth-order valence-electron chi connectivity index (χ4n) is 3.51. The highest BCUT2D eigenvalue weighted by Gasteiger charge is 2.37. The highest BCUT2D eigenvalue weighted by Crippen LogP contribution is 2.37. The molecule has 0 bridgehead atoms. The molecule has 2 rings (SSSR count). The van der Waals surface area contributed by atoms with Crippen LogP contribution in [-0.2, 0) is 4.79 Å². The number of nitrogens with zero attached hydrogens (tertiary/aromatic N) is 1. The molecule has 16 heavy (non-hydrogen) atoms. The molecule has 1 aliphatic heterocycles. The molecule has 0 aromatic carbocycles. The number of nitrogens with two attached hydrogens (primary N) is 2. The van der Waals surface area contributed by atoms with E-state index in [1.54, 1.807) is 0 Å². The number of primary amides is 1. The Morgan fingerprint density at radius 3 is 2.75 bits per heavy atom. The Hall–Kier alpha value is -0.610. The lowest BCUT2D eigenvalue weighted by molar-refractivity contribution is -0.119. The van der Waals surface area contributed by atoms with Crippen LogP contribution in [0.3, 0.4) is 0 Å². The fourth-order valence-corrected chi connectivity index (χ4v) is 3.51. The molecule has 4 N–H and O–H groups in total. The van der Waals surface area contributed by atoms with Crippen LogP contribution < -0.4 is 11.5 Å². The number of piperidine rings is 1. The number of amides is 1. The minimum absolute atomic E-state index is 0.170. The maximum Gasteiger partial charge on any atom is 0.219 e. The topological polar surface area (TPSA) is 72.3 Å². The van der Waals surface area contributed by atoms with Crippen molar-refractivity contribution in [2.45, 2.75) is 50.6 Å². The van der Waals surface area contributed by atoms with Gasteiger partial charge < -0.3 is 11.5 Å². The summed E-state index contributed by atoms with van der Waals surface area (Å²) in [5.74, 6) is 0.617. The van der Waals surface area contributed by atoms with Crippen molar-refractivity contribution in [1.82, 2.24) is 4.90 Å². The van der Waals surface area contributed by atoms with Crippen LogP contribution in [-0.4, -0.2) is 36.0 Å². The van der Waals surface area contributed by atoms with Crippen molar-refractivity contribution < 1.29 is 4.79 Å². The first-order valence-electron chi connectivity index (χ1n) is 6.46. The lowest BCUT2D eigenvalue weighted by Crippen LogP contribution is -2.52. The third-order valence-electron chi connectivity index (χ3n) is 4.21. The molecular formula is C12H23N3O. The third-order valence-corrected chi connectivity index (χ3v) is 4.21. The van der Waals surface area contributed by atoms with Gasteiger partial charge in [0, 0.05) is 25.0 Å². The normalized spacial score (nSPS) is 32.3. The summed E-state index contributed by atoms with van der Waals surface area (Å²) in [5, 5.41) is 0. The second-order valence-corrected chi connectivity index (χ2v) is 5.20. The van der Waals surface area contributed by atoms with E-state index in [0.29, 0.717) is 19.0 Å². The summed E-state index contributed by atoms with van der Waals surface area (Å²) in [4.78, 5) is 13.5. The first kappa shape index (κ1) is 11.9. The van der Waals surface area contributed by atoms with Crippen molar-refractivity contribution >= 4 is 5.91 Å². The smallest absolute Gasteiger partial charge is 0.219 e. The number of rotatable bonds is 4. The molecule has 92 valence electrons. The zero-order valence-electron chi connectivity index (χ0n) is 9.90. The first-order valence-corrected chi connectivity index (χ1v) is 6.46. The van der Waals surface area contributed by atoms with Gasteiger partial charge in [0.15, 0.2) is 0 Å². The molecule has 4 nitrogen and oxygen atoms in total. The Morgan fingerprint density at radius 1 is 1.31 bits per heavy atom. The second kappa shape index (κ2) is 5.15. The van der Waals surface area contributed by atoms with E-state index in [1.165, 1.54) is 32.1 Å². The van der Waals surface area contributed by atoms with E-state index >= 15 is 0 Å². The van der Waals surface area contributed by atoms with E-state index in [9.17, 15) is 4.79 Å². The van der Waals surface area contributed by atoms with E-state index < -0.39 is 0 Å². The van der Waals surface area contributed by atoms with E-state index in [2.05, 4.69) is 4.90 Å². The number of hydrogen-bond acceptors (Lipinski definition) is 3. The average Bonchev–Trinajstić information content (AvgIpc) is 2.73. The van der Waals surface area contributed by atoms with Gasteiger partial charge in [-0.05, 0) is 38.1 Å². The summed E-state index contributed by atoms with van der Waals surface area (Å²) in [6.45, 7) is 1.64. The van der Waals surface area contributed by atoms with Gasteiger partial charge in [-0.3, -0.25) is 9.69 Å². The summed E-state index contributed by atoms with van der Waals surface area (Å²) in [6, 6.07) is 0.838. The summed E-state index contributed by atoms with van der Waals surface area (Å²) < 4.78 is 0.